The highest BCUT2D eigenvalue weighted by atomic mass is 127. The van der Waals surface area contributed by atoms with Gasteiger partial charge < -0.3 is 0 Å². The third-order valence-electron chi connectivity index (χ3n) is 3.07. The van der Waals surface area contributed by atoms with Crippen LogP contribution in [0.2, 0.25) is 0 Å². The summed E-state index contributed by atoms with van der Waals surface area (Å²) in [5.74, 6) is 0.634. The maximum absolute atomic E-state index is 3.65. The lowest BCUT2D eigenvalue weighted by molar-refractivity contribution is 0.591. The second kappa shape index (κ2) is 7.79. The van der Waals surface area contributed by atoms with Crippen LogP contribution in [0.4, 0.5) is 0 Å². The normalized spacial score (nSPS) is 12.4. The summed E-state index contributed by atoms with van der Waals surface area (Å²) in [4.78, 5) is 0. The summed E-state index contributed by atoms with van der Waals surface area (Å²) in [5, 5.41) is 1.03. The lowest BCUT2D eigenvalue weighted by Gasteiger charge is -2.14. The van der Waals surface area contributed by atoms with E-state index in [4.69, 9.17) is 0 Å². The predicted molar refractivity (Wildman–Crippen MR) is 98.0 cm³/mol. The van der Waals surface area contributed by atoms with Crippen LogP contribution in [0.15, 0.2) is 53.0 Å². The van der Waals surface area contributed by atoms with Gasteiger partial charge in [-0.15, -0.1) is 0 Å². The molecule has 3 heteroatoms. The van der Waals surface area contributed by atoms with Gasteiger partial charge in [-0.3, -0.25) is 0 Å². The van der Waals surface area contributed by atoms with E-state index in [1.54, 1.807) is 0 Å². The average Bonchev–Trinajstić information content (AvgIpc) is 2.40. The first kappa shape index (κ1) is 15.5. The van der Waals surface area contributed by atoms with E-state index in [-0.39, 0.29) is 0 Å². The fraction of sp³-hybridized carbons (Fsp3) is 0.250. The topological polar surface area (TPSA) is 0 Å². The Morgan fingerprint density at radius 2 is 1.63 bits per heavy atom. The van der Waals surface area contributed by atoms with Crippen molar-refractivity contribution in [2.45, 2.75) is 12.8 Å². The van der Waals surface area contributed by atoms with Gasteiger partial charge in [-0.2, -0.15) is 0 Å². The molecule has 0 fully saturated rings. The van der Waals surface area contributed by atoms with Crippen LogP contribution < -0.4 is 0 Å². The molecule has 0 aliphatic carbocycles. The van der Waals surface area contributed by atoms with Gasteiger partial charge in [0.1, 0.15) is 0 Å². The number of hydrogen-bond donors (Lipinski definition) is 0. The van der Waals surface area contributed by atoms with Crippen LogP contribution in [-0.2, 0) is 12.8 Å². The van der Waals surface area contributed by atoms with E-state index in [0.29, 0.717) is 5.92 Å². The Morgan fingerprint density at radius 3 is 2.26 bits per heavy atom. The molecular formula is C16H15Br2I. The molecule has 0 N–H and O–H groups in total. The van der Waals surface area contributed by atoms with Crippen molar-refractivity contribution in [3.05, 3.63) is 67.7 Å². The van der Waals surface area contributed by atoms with Crippen molar-refractivity contribution in [2.24, 2.45) is 5.92 Å². The van der Waals surface area contributed by atoms with Crippen LogP contribution in [0.25, 0.3) is 0 Å². The maximum Gasteiger partial charge on any atom is 0.0177 e. The lowest BCUT2D eigenvalue weighted by Crippen LogP contribution is -2.10. The van der Waals surface area contributed by atoms with E-state index in [2.05, 4.69) is 103 Å². The molecule has 0 nitrogen and oxygen atoms in total. The summed E-state index contributed by atoms with van der Waals surface area (Å²) in [6.07, 6.45) is 2.23. The minimum Gasteiger partial charge on any atom is -0.0925 e. The zero-order valence-corrected chi connectivity index (χ0v) is 15.8. The second-order valence-corrected chi connectivity index (χ2v) is 7.49. The van der Waals surface area contributed by atoms with Gasteiger partial charge in [0, 0.05) is 13.4 Å². The molecule has 0 saturated heterocycles. The molecule has 2 aromatic rings. The predicted octanol–water partition coefficient (Wildman–Crippen LogP) is 5.85. The molecule has 1 atom stereocenters. The van der Waals surface area contributed by atoms with Crippen LogP contribution in [0.5, 0.6) is 0 Å². The molecule has 19 heavy (non-hydrogen) atoms. The maximum atomic E-state index is 3.65. The van der Waals surface area contributed by atoms with Crippen LogP contribution in [-0.4, -0.2) is 5.33 Å². The third kappa shape index (κ3) is 5.20. The van der Waals surface area contributed by atoms with Gasteiger partial charge in [-0.1, -0.05) is 56.1 Å². The van der Waals surface area contributed by atoms with Crippen LogP contribution in [0.3, 0.4) is 0 Å². The SMILES string of the molecule is BrCC(Cc1ccc(I)cc1)Cc1cccc(Br)c1. The largest absolute Gasteiger partial charge is 0.0925 e. The van der Waals surface area contributed by atoms with E-state index in [0.717, 1.165) is 22.6 Å². The number of rotatable bonds is 5. The summed E-state index contributed by atoms with van der Waals surface area (Å²) in [6, 6.07) is 17.4. The molecule has 0 amide bonds. The average molecular weight is 494 g/mol. The highest BCUT2D eigenvalue weighted by Crippen LogP contribution is 2.20. The van der Waals surface area contributed by atoms with Crippen LogP contribution >= 0.6 is 54.5 Å². The Hall–Kier alpha value is 0.130. The lowest BCUT2D eigenvalue weighted by atomic mass is 9.94. The first-order valence-corrected chi connectivity index (χ1v) is 9.21. The standard InChI is InChI=1S/C16H15Br2I/c17-11-14(8-12-4-6-16(19)7-5-12)9-13-2-1-3-15(18)10-13/h1-7,10,14H,8-9,11H2. The molecule has 2 aromatic carbocycles. The minimum atomic E-state index is 0.634. The Balaban J connectivity index is 2.02. The number of hydrogen-bond acceptors (Lipinski definition) is 0. The highest BCUT2D eigenvalue weighted by Gasteiger charge is 2.10. The van der Waals surface area contributed by atoms with Crippen LogP contribution in [0.1, 0.15) is 11.1 Å². The zero-order chi connectivity index (χ0) is 13.7. The fourth-order valence-corrected chi connectivity index (χ4v) is 3.40. The first-order valence-electron chi connectivity index (χ1n) is 6.22. The smallest absolute Gasteiger partial charge is 0.0177 e. The fourth-order valence-electron chi connectivity index (χ4n) is 2.13. The van der Waals surface area contributed by atoms with Gasteiger partial charge in [0.05, 0.1) is 0 Å². The van der Waals surface area contributed by atoms with Crippen molar-refractivity contribution in [3.8, 4) is 0 Å². The summed E-state index contributed by atoms with van der Waals surface area (Å²) in [6.45, 7) is 0. The molecule has 0 spiro atoms. The summed E-state index contributed by atoms with van der Waals surface area (Å²) in [7, 11) is 0. The minimum absolute atomic E-state index is 0.634. The van der Waals surface area contributed by atoms with Gasteiger partial charge in [-0.25, -0.2) is 0 Å². The van der Waals surface area contributed by atoms with Gasteiger partial charge >= 0.3 is 0 Å². The number of halogens is 3. The molecule has 1 unspecified atom stereocenters. The van der Waals surface area contributed by atoms with E-state index < -0.39 is 0 Å². The summed E-state index contributed by atoms with van der Waals surface area (Å²) >= 11 is 9.53. The van der Waals surface area contributed by atoms with Crippen molar-refractivity contribution in [2.75, 3.05) is 5.33 Å². The molecule has 100 valence electrons. The molecule has 0 heterocycles. The van der Waals surface area contributed by atoms with Crippen molar-refractivity contribution in [1.29, 1.82) is 0 Å². The first-order chi connectivity index (χ1) is 9.17. The van der Waals surface area contributed by atoms with E-state index >= 15 is 0 Å². The Kier molecular flexibility index (Phi) is 6.36. The van der Waals surface area contributed by atoms with Crippen molar-refractivity contribution in [1.82, 2.24) is 0 Å². The van der Waals surface area contributed by atoms with E-state index in [1.165, 1.54) is 14.7 Å². The van der Waals surface area contributed by atoms with Gasteiger partial charge in [0.25, 0.3) is 0 Å². The van der Waals surface area contributed by atoms with E-state index in [1.807, 2.05) is 0 Å². The summed E-state index contributed by atoms with van der Waals surface area (Å²) in [5.41, 5.74) is 2.81. The molecule has 0 aromatic heterocycles. The number of alkyl halides is 1. The van der Waals surface area contributed by atoms with E-state index in [9.17, 15) is 0 Å². The Morgan fingerprint density at radius 1 is 0.947 bits per heavy atom. The molecule has 2 rings (SSSR count). The highest BCUT2D eigenvalue weighted by molar-refractivity contribution is 14.1. The zero-order valence-electron chi connectivity index (χ0n) is 10.5. The molecule has 0 saturated carbocycles. The van der Waals surface area contributed by atoms with Gasteiger partial charge in [-0.05, 0) is 76.7 Å². The Labute approximate surface area is 145 Å². The second-order valence-electron chi connectivity index (χ2n) is 4.68. The van der Waals surface area contributed by atoms with Crippen molar-refractivity contribution in [3.63, 3.8) is 0 Å². The summed E-state index contributed by atoms with van der Waals surface area (Å²) < 4.78 is 2.45. The molecule has 0 aliphatic heterocycles. The third-order valence-corrected chi connectivity index (χ3v) is 5.20. The number of benzene rings is 2. The molecule has 0 aliphatic rings. The van der Waals surface area contributed by atoms with Gasteiger partial charge in [0.15, 0.2) is 0 Å². The quantitative estimate of drug-likeness (QED) is 0.362. The van der Waals surface area contributed by atoms with Crippen molar-refractivity contribution >= 4 is 54.5 Å². The van der Waals surface area contributed by atoms with Gasteiger partial charge in [0.2, 0.25) is 0 Å². The molecule has 0 bridgehead atoms. The molecular weight excluding hydrogens is 479 g/mol. The Bertz CT molecular complexity index is 523. The monoisotopic (exact) mass is 492 g/mol. The molecule has 0 radical (unpaired) electrons. The van der Waals surface area contributed by atoms with Crippen molar-refractivity contribution < 1.29 is 0 Å². The van der Waals surface area contributed by atoms with Crippen LogP contribution in [0, 0.1) is 9.49 Å².